The van der Waals surface area contributed by atoms with Crippen molar-refractivity contribution >= 4 is 5.91 Å². The summed E-state index contributed by atoms with van der Waals surface area (Å²) in [7, 11) is 0. The average molecular weight is 191 g/mol. The summed E-state index contributed by atoms with van der Waals surface area (Å²) in [5, 5.41) is 8.81. The highest BCUT2D eigenvalue weighted by Crippen LogP contribution is 1.89. The molecular weight excluding hydrogens is 178 g/mol. The first kappa shape index (κ1) is 11.6. The van der Waals surface area contributed by atoms with Crippen LogP contribution in [0.4, 0.5) is 0 Å². The van der Waals surface area contributed by atoms with E-state index in [1.165, 1.54) is 0 Å². The molecule has 76 valence electrons. The molecule has 0 aliphatic carbocycles. The van der Waals surface area contributed by atoms with E-state index >= 15 is 0 Å². The topological polar surface area (TPSA) is 93.5 Å². The van der Waals surface area contributed by atoms with Crippen LogP contribution in [0.2, 0.25) is 0 Å². The van der Waals surface area contributed by atoms with Crippen molar-refractivity contribution in [1.82, 2.24) is 10.9 Å². The second kappa shape index (κ2) is 7.29. The molecule has 0 fully saturated rings. The molecule has 0 radical (unpaired) electrons. The second-order valence-corrected chi connectivity index (χ2v) is 2.24. The van der Waals surface area contributed by atoms with Crippen molar-refractivity contribution in [2.75, 3.05) is 13.2 Å². The van der Waals surface area contributed by atoms with E-state index in [0.717, 1.165) is 0 Å². The first-order valence-corrected chi connectivity index (χ1v) is 3.95. The second-order valence-electron chi connectivity index (χ2n) is 2.24. The smallest absolute Gasteiger partial charge is 0.294 e. The van der Waals surface area contributed by atoms with E-state index in [9.17, 15) is 14.9 Å². The van der Waals surface area contributed by atoms with E-state index in [1.54, 1.807) is 0 Å². The van der Waals surface area contributed by atoms with Crippen LogP contribution >= 0.6 is 0 Å². The number of nitrogens with zero attached hydrogens (tertiary/aromatic N) is 1. The van der Waals surface area contributed by atoms with Crippen LogP contribution in [0.25, 0.3) is 0 Å². The summed E-state index contributed by atoms with van der Waals surface area (Å²) in [6.45, 7) is 2.43. The predicted molar refractivity (Wildman–Crippen MR) is 44.0 cm³/mol. The monoisotopic (exact) mass is 191 g/mol. The molecule has 0 unspecified atom stereocenters. The average Bonchev–Trinajstić information content (AvgIpc) is 2.08. The fraction of sp³-hybridized carbons (Fsp3) is 0.833. The van der Waals surface area contributed by atoms with Crippen LogP contribution in [0, 0.1) is 10.1 Å². The number of amides is 1. The Balaban J connectivity index is 3.22. The molecule has 0 aromatic carbocycles. The van der Waals surface area contributed by atoms with Crippen LogP contribution in [0.5, 0.6) is 0 Å². The minimum Gasteiger partial charge on any atom is -0.314 e. The van der Waals surface area contributed by atoms with Crippen LogP contribution < -0.4 is 10.9 Å². The van der Waals surface area contributed by atoms with Crippen molar-refractivity contribution in [2.45, 2.75) is 19.8 Å². The van der Waals surface area contributed by atoms with Crippen molar-refractivity contribution in [2.24, 2.45) is 0 Å². The molecule has 0 saturated heterocycles. The molecule has 0 bridgehead atoms. The lowest BCUT2D eigenvalue weighted by Gasteiger charge is -2.03. The third-order valence-electron chi connectivity index (χ3n) is 1.15. The van der Waals surface area contributed by atoms with E-state index in [0.29, 0.717) is 13.0 Å². The molecule has 0 saturated carbocycles. The highest BCUT2D eigenvalue weighted by Gasteiger charge is 2.00. The van der Waals surface area contributed by atoms with E-state index < -0.39 is 5.09 Å². The molecule has 1 amide bonds. The number of carbonyl (C=O) groups excluding carboxylic acids is 1. The van der Waals surface area contributed by atoms with Crippen LogP contribution in [0.3, 0.4) is 0 Å². The SMILES string of the molecule is CCNNC(=O)CCCO[N+](=O)[O-]. The van der Waals surface area contributed by atoms with Crippen LogP contribution in [-0.2, 0) is 9.63 Å². The van der Waals surface area contributed by atoms with Crippen LogP contribution in [0.15, 0.2) is 0 Å². The molecular formula is C6H13N3O4. The summed E-state index contributed by atoms with van der Waals surface area (Å²) >= 11 is 0. The van der Waals surface area contributed by atoms with Crippen LogP contribution in [-0.4, -0.2) is 24.1 Å². The largest absolute Gasteiger partial charge is 0.314 e. The fourth-order valence-electron chi connectivity index (χ4n) is 0.621. The van der Waals surface area contributed by atoms with Gasteiger partial charge in [-0.15, -0.1) is 10.1 Å². The molecule has 13 heavy (non-hydrogen) atoms. The lowest BCUT2D eigenvalue weighted by atomic mass is 10.3. The molecule has 7 nitrogen and oxygen atoms in total. The Bertz CT molecular complexity index is 173. The third kappa shape index (κ3) is 8.54. The van der Waals surface area contributed by atoms with Gasteiger partial charge >= 0.3 is 0 Å². The van der Waals surface area contributed by atoms with E-state index in [-0.39, 0.29) is 18.9 Å². The summed E-state index contributed by atoms with van der Waals surface area (Å²) in [5.41, 5.74) is 5.03. The first-order chi connectivity index (χ1) is 6.16. The quantitative estimate of drug-likeness (QED) is 0.325. The Kier molecular flexibility index (Phi) is 6.52. The highest BCUT2D eigenvalue weighted by atomic mass is 16.9. The van der Waals surface area contributed by atoms with Crippen LogP contribution in [0.1, 0.15) is 19.8 Å². The summed E-state index contributed by atoms with van der Waals surface area (Å²) in [6, 6.07) is 0. The Morgan fingerprint density at radius 1 is 1.62 bits per heavy atom. The van der Waals surface area contributed by atoms with Gasteiger partial charge in [0.25, 0.3) is 5.09 Å². The Labute approximate surface area is 75.5 Å². The third-order valence-corrected chi connectivity index (χ3v) is 1.15. The van der Waals surface area contributed by atoms with Crippen molar-refractivity contribution in [1.29, 1.82) is 0 Å². The van der Waals surface area contributed by atoms with Crippen molar-refractivity contribution in [3.8, 4) is 0 Å². The van der Waals surface area contributed by atoms with E-state index in [1.807, 2.05) is 6.92 Å². The number of nitrogens with one attached hydrogen (secondary N) is 2. The molecule has 0 aromatic rings. The fourth-order valence-corrected chi connectivity index (χ4v) is 0.621. The van der Waals surface area contributed by atoms with Gasteiger partial charge in [0.05, 0.1) is 6.61 Å². The maximum atomic E-state index is 10.8. The lowest BCUT2D eigenvalue weighted by molar-refractivity contribution is -0.757. The predicted octanol–water partition coefficient (Wildman–Crippen LogP) is -0.384. The van der Waals surface area contributed by atoms with Gasteiger partial charge in [0.2, 0.25) is 5.91 Å². The van der Waals surface area contributed by atoms with Gasteiger partial charge in [-0.2, -0.15) is 0 Å². The van der Waals surface area contributed by atoms with Crippen molar-refractivity contribution < 1.29 is 14.7 Å². The number of carbonyl (C=O) groups is 1. The van der Waals surface area contributed by atoms with Gasteiger partial charge in [-0.1, -0.05) is 6.92 Å². The lowest BCUT2D eigenvalue weighted by Crippen LogP contribution is -2.36. The summed E-state index contributed by atoms with van der Waals surface area (Å²) in [6.07, 6.45) is 0.541. The highest BCUT2D eigenvalue weighted by molar-refractivity contribution is 5.75. The molecule has 0 atom stereocenters. The Hall–Kier alpha value is -1.37. The molecule has 0 spiro atoms. The molecule has 0 aliphatic rings. The molecule has 0 aromatic heterocycles. The first-order valence-electron chi connectivity index (χ1n) is 3.95. The molecule has 0 aliphatic heterocycles. The zero-order valence-electron chi connectivity index (χ0n) is 7.41. The van der Waals surface area contributed by atoms with E-state index in [2.05, 4.69) is 15.7 Å². The van der Waals surface area contributed by atoms with Gasteiger partial charge in [-0.25, -0.2) is 5.43 Å². The Morgan fingerprint density at radius 2 is 2.31 bits per heavy atom. The minimum atomic E-state index is -0.873. The molecule has 2 N–H and O–H groups in total. The minimum absolute atomic E-state index is 0.0491. The van der Waals surface area contributed by atoms with Gasteiger partial charge in [-0.05, 0) is 6.42 Å². The number of hydrazine groups is 1. The Morgan fingerprint density at radius 3 is 2.85 bits per heavy atom. The standard InChI is InChI=1S/C6H13N3O4/c1-2-7-8-6(10)4-3-5-13-9(11)12/h7H,2-5H2,1H3,(H,8,10). The number of hydrogen-bond donors (Lipinski definition) is 2. The van der Waals surface area contributed by atoms with Gasteiger partial charge in [0.1, 0.15) is 0 Å². The van der Waals surface area contributed by atoms with Gasteiger partial charge in [0, 0.05) is 13.0 Å². The normalized spacial score (nSPS) is 9.31. The maximum absolute atomic E-state index is 10.8. The molecule has 7 heteroatoms. The van der Waals surface area contributed by atoms with Crippen molar-refractivity contribution in [3.05, 3.63) is 10.1 Å². The summed E-state index contributed by atoms with van der Waals surface area (Å²) in [5.74, 6) is -0.200. The van der Waals surface area contributed by atoms with Gasteiger partial charge in [0.15, 0.2) is 0 Å². The number of rotatable bonds is 7. The zero-order chi connectivity index (χ0) is 10.1. The van der Waals surface area contributed by atoms with Gasteiger partial charge in [-0.3, -0.25) is 10.2 Å². The van der Waals surface area contributed by atoms with Crippen molar-refractivity contribution in [3.63, 3.8) is 0 Å². The summed E-state index contributed by atoms with van der Waals surface area (Å²) < 4.78 is 0. The number of hydrogen-bond acceptors (Lipinski definition) is 5. The zero-order valence-corrected chi connectivity index (χ0v) is 7.41. The maximum Gasteiger partial charge on any atom is 0.294 e. The van der Waals surface area contributed by atoms with E-state index in [4.69, 9.17) is 0 Å². The molecule has 0 heterocycles. The summed E-state index contributed by atoms with van der Waals surface area (Å²) in [4.78, 5) is 24.6. The van der Waals surface area contributed by atoms with Gasteiger partial charge < -0.3 is 4.84 Å². The molecule has 0 rings (SSSR count).